The van der Waals surface area contributed by atoms with E-state index < -0.39 is 0 Å². The molecule has 0 aromatic heterocycles. The fourth-order valence-corrected chi connectivity index (χ4v) is 0.606. The predicted octanol–water partition coefficient (Wildman–Crippen LogP) is 0.524. The third-order valence-corrected chi connectivity index (χ3v) is 1.05. The van der Waals surface area contributed by atoms with Crippen LogP contribution in [0.4, 0.5) is 0 Å². The normalized spacial score (nSPS) is 27.8. The quantitative estimate of drug-likeness (QED) is 0.371. The molecule has 0 spiro atoms. The molecule has 0 amide bonds. The van der Waals surface area contributed by atoms with E-state index in [2.05, 4.69) is 0 Å². The van der Waals surface area contributed by atoms with E-state index in [4.69, 9.17) is 10.2 Å². The van der Waals surface area contributed by atoms with Crippen LogP contribution in [0.25, 0.3) is 0 Å². The van der Waals surface area contributed by atoms with Crippen LogP contribution in [0.2, 0.25) is 0 Å². The third-order valence-electron chi connectivity index (χ3n) is 1.05. The molecular weight excluding hydrogens is 114 g/mol. The van der Waals surface area contributed by atoms with Crippen LogP contribution in [0.1, 0.15) is 6.42 Å². The molecule has 9 heavy (non-hydrogen) atoms. The van der Waals surface area contributed by atoms with Crippen molar-refractivity contribution >= 4 is 6.29 Å². The molecule has 1 heterocycles. The summed E-state index contributed by atoms with van der Waals surface area (Å²) >= 11 is 0. The van der Waals surface area contributed by atoms with Crippen molar-refractivity contribution in [3.8, 4) is 0 Å². The first-order valence-corrected chi connectivity index (χ1v) is 2.97. The SMILES string of the molecule is N/C1=C/C=C\CC[O+]=C1. The van der Waals surface area contributed by atoms with Gasteiger partial charge in [0.1, 0.15) is 5.70 Å². The molecule has 48 valence electrons. The van der Waals surface area contributed by atoms with Crippen molar-refractivity contribution in [1.82, 2.24) is 0 Å². The Kier molecular flexibility index (Phi) is 2.07. The molecule has 2 N–H and O–H groups in total. The van der Waals surface area contributed by atoms with Gasteiger partial charge in [-0.2, -0.15) is 0 Å². The summed E-state index contributed by atoms with van der Waals surface area (Å²) in [5.41, 5.74) is 6.11. The van der Waals surface area contributed by atoms with E-state index in [1.165, 1.54) is 0 Å². The maximum atomic E-state index is 5.43. The molecule has 2 nitrogen and oxygen atoms in total. The summed E-state index contributed by atoms with van der Waals surface area (Å²) in [7, 11) is 0. The number of hydrogen-bond acceptors (Lipinski definition) is 1. The minimum absolute atomic E-state index is 0.672. The summed E-state index contributed by atoms with van der Waals surface area (Å²) in [4.78, 5) is 0. The standard InChI is InChI=1S/C7H10NO/c8-7-4-2-1-3-5-9-6-7/h1-2,4,6H,3,5,8H2/q+1/b2-1-,7-4+. The van der Waals surface area contributed by atoms with Crippen LogP contribution in [0.15, 0.2) is 23.9 Å². The van der Waals surface area contributed by atoms with E-state index in [-0.39, 0.29) is 0 Å². The molecule has 1 aliphatic heterocycles. The van der Waals surface area contributed by atoms with Crippen LogP contribution in [0.5, 0.6) is 0 Å². The maximum absolute atomic E-state index is 5.43. The summed E-state index contributed by atoms with van der Waals surface area (Å²) < 4.78 is 5.02. The molecular formula is C7H10NO+. The molecule has 0 unspecified atom stereocenters. The first kappa shape index (κ1) is 6.08. The largest absolute Gasteiger partial charge is 0.392 e. The highest BCUT2D eigenvalue weighted by Crippen LogP contribution is 1.88. The van der Waals surface area contributed by atoms with Gasteiger partial charge in [0, 0.05) is 0 Å². The maximum Gasteiger partial charge on any atom is 0.331 e. The topological polar surface area (TPSA) is 37.3 Å². The van der Waals surface area contributed by atoms with Gasteiger partial charge in [-0.15, -0.1) is 0 Å². The summed E-state index contributed by atoms with van der Waals surface area (Å²) in [5.74, 6) is 0. The summed E-state index contributed by atoms with van der Waals surface area (Å²) in [5, 5.41) is 0. The fraction of sp³-hybridized carbons (Fsp3) is 0.286. The van der Waals surface area contributed by atoms with Crippen molar-refractivity contribution in [1.29, 1.82) is 0 Å². The molecule has 1 aliphatic rings. The highest BCUT2D eigenvalue weighted by molar-refractivity contribution is 5.72. The van der Waals surface area contributed by atoms with Gasteiger partial charge in [-0.3, -0.25) is 4.42 Å². The van der Waals surface area contributed by atoms with Crippen molar-refractivity contribution < 1.29 is 4.42 Å². The van der Waals surface area contributed by atoms with Crippen LogP contribution in [-0.4, -0.2) is 12.9 Å². The van der Waals surface area contributed by atoms with Gasteiger partial charge in [-0.1, -0.05) is 12.2 Å². The molecule has 0 radical (unpaired) electrons. The fourth-order valence-electron chi connectivity index (χ4n) is 0.606. The molecule has 0 saturated heterocycles. The second kappa shape index (κ2) is 3.07. The Balaban J connectivity index is 2.66. The number of aldehydes is 1. The van der Waals surface area contributed by atoms with Gasteiger partial charge in [0.05, 0.1) is 6.42 Å². The van der Waals surface area contributed by atoms with Gasteiger partial charge in [0.2, 0.25) is 0 Å². The summed E-state index contributed by atoms with van der Waals surface area (Å²) in [6.45, 7) is 0.727. The van der Waals surface area contributed by atoms with Crippen molar-refractivity contribution in [2.45, 2.75) is 6.42 Å². The lowest BCUT2D eigenvalue weighted by molar-refractivity contribution is -0.450. The van der Waals surface area contributed by atoms with Crippen LogP contribution < -0.4 is 5.73 Å². The first-order valence-electron chi connectivity index (χ1n) is 2.97. The highest BCUT2D eigenvalue weighted by Gasteiger charge is 1.94. The van der Waals surface area contributed by atoms with Crippen LogP contribution in [0, 0.1) is 0 Å². The first-order chi connectivity index (χ1) is 4.39. The Bertz CT molecular complexity index is 168. The third kappa shape index (κ3) is 2.13. The second-order valence-corrected chi connectivity index (χ2v) is 1.87. The van der Waals surface area contributed by atoms with E-state index in [0.29, 0.717) is 5.70 Å². The number of carbonyl (C=O) groups excluding carboxylic acids is 1. The zero-order valence-electron chi connectivity index (χ0n) is 5.21. The van der Waals surface area contributed by atoms with Crippen molar-refractivity contribution in [3.05, 3.63) is 23.9 Å². The number of rotatable bonds is 0. The van der Waals surface area contributed by atoms with Crippen LogP contribution >= 0.6 is 0 Å². The average molecular weight is 124 g/mol. The number of allylic oxidation sites excluding steroid dienone is 3. The summed E-state index contributed by atoms with van der Waals surface area (Å²) in [6.07, 6.45) is 8.32. The minimum Gasteiger partial charge on any atom is -0.392 e. The Morgan fingerprint density at radius 1 is 1.56 bits per heavy atom. The van der Waals surface area contributed by atoms with Gasteiger partial charge in [-0.05, 0) is 6.08 Å². The molecule has 0 fully saturated rings. The molecule has 0 saturated carbocycles. The average Bonchev–Trinajstić information content (AvgIpc) is 1.79. The smallest absolute Gasteiger partial charge is 0.331 e. The predicted molar refractivity (Wildman–Crippen MR) is 37.0 cm³/mol. The van der Waals surface area contributed by atoms with E-state index >= 15 is 0 Å². The van der Waals surface area contributed by atoms with E-state index in [0.717, 1.165) is 13.0 Å². The Morgan fingerprint density at radius 2 is 2.44 bits per heavy atom. The minimum atomic E-state index is 0.672. The van der Waals surface area contributed by atoms with Gasteiger partial charge >= 0.3 is 6.29 Å². The van der Waals surface area contributed by atoms with Crippen molar-refractivity contribution in [2.75, 3.05) is 6.61 Å². The Morgan fingerprint density at radius 3 is 3.33 bits per heavy atom. The lowest BCUT2D eigenvalue weighted by Crippen LogP contribution is -2.01. The zero-order valence-corrected chi connectivity index (χ0v) is 5.21. The molecule has 0 aromatic carbocycles. The Hall–Kier alpha value is -1.05. The van der Waals surface area contributed by atoms with Gasteiger partial charge < -0.3 is 5.73 Å². The van der Waals surface area contributed by atoms with Gasteiger partial charge in [0.15, 0.2) is 0 Å². The molecule has 2 heteroatoms. The Labute approximate surface area is 54.4 Å². The monoisotopic (exact) mass is 124 g/mol. The molecule has 0 atom stereocenters. The van der Waals surface area contributed by atoms with Gasteiger partial charge in [0.25, 0.3) is 6.61 Å². The lowest BCUT2D eigenvalue weighted by Gasteiger charge is -1.84. The summed E-state index contributed by atoms with van der Waals surface area (Å²) in [6, 6.07) is 0. The molecule has 1 rings (SSSR count). The second-order valence-electron chi connectivity index (χ2n) is 1.87. The van der Waals surface area contributed by atoms with E-state index in [1.54, 1.807) is 6.29 Å². The molecule has 0 aromatic rings. The number of nitrogens with two attached hydrogens (primary N) is 1. The van der Waals surface area contributed by atoms with Crippen molar-refractivity contribution in [2.24, 2.45) is 5.73 Å². The van der Waals surface area contributed by atoms with E-state index in [9.17, 15) is 0 Å². The molecule has 0 bridgehead atoms. The van der Waals surface area contributed by atoms with Crippen molar-refractivity contribution in [3.63, 3.8) is 0 Å². The number of hydrogen-bond donors (Lipinski definition) is 1. The lowest BCUT2D eigenvalue weighted by atomic mass is 10.3. The molecule has 0 aliphatic carbocycles. The van der Waals surface area contributed by atoms with Crippen LogP contribution in [0.3, 0.4) is 0 Å². The van der Waals surface area contributed by atoms with Gasteiger partial charge in [-0.25, -0.2) is 0 Å². The van der Waals surface area contributed by atoms with E-state index in [1.807, 2.05) is 18.2 Å². The highest BCUT2D eigenvalue weighted by atomic mass is 16.4. The zero-order chi connectivity index (χ0) is 6.53. The van der Waals surface area contributed by atoms with Crippen LogP contribution in [-0.2, 0) is 4.42 Å².